The number of anilines is 1. The normalized spacial score (nSPS) is 20.4. The zero-order chi connectivity index (χ0) is 12.7. The summed E-state index contributed by atoms with van der Waals surface area (Å²) in [6, 6.07) is 5.64. The molecule has 1 amide bonds. The van der Waals surface area contributed by atoms with Gasteiger partial charge in [0, 0.05) is 13.1 Å². The number of hydrogen-bond donors (Lipinski definition) is 0. The second kappa shape index (κ2) is 4.21. The first kappa shape index (κ1) is 11.4. The van der Waals surface area contributed by atoms with Crippen molar-refractivity contribution in [1.82, 2.24) is 5.01 Å². The average Bonchev–Trinajstić information content (AvgIpc) is 2.64. The first-order valence-corrected chi connectivity index (χ1v) is 6.43. The van der Waals surface area contributed by atoms with Gasteiger partial charge in [-0.2, -0.15) is 0 Å². The van der Waals surface area contributed by atoms with E-state index in [0.29, 0.717) is 5.56 Å². The molecule has 2 aliphatic heterocycles. The third-order valence-electron chi connectivity index (χ3n) is 3.71. The maximum absolute atomic E-state index is 12.1. The summed E-state index contributed by atoms with van der Waals surface area (Å²) >= 11 is 0. The van der Waals surface area contributed by atoms with E-state index in [2.05, 4.69) is 0 Å². The minimum atomic E-state index is -0.402. The zero-order valence-electron chi connectivity index (χ0n) is 10.5. The quantitative estimate of drug-likeness (QED) is 0.709. The van der Waals surface area contributed by atoms with Gasteiger partial charge in [0.05, 0.1) is 11.3 Å². The van der Waals surface area contributed by atoms with Crippen LogP contribution in [0.1, 0.15) is 35.2 Å². The molecule has 2 aliphatic rings. The molecule has 0 saturated carbocycles. The Kier molecular flexibility index (Phi) is 2.67. The van der Waals surface area contributed by atoms with E-state index < -0.39 is 5.91 Å². The molecule has 2 heterocycles. The van der Waals surface area contributed by atoms with Gasteiger partial charge in [0.2, 0.25) is 0 Å². The largest absolute Gasteiger partial charge is 0.314 e. The van der Waals surface area contributed by atoms with Gasteiger partial charge in [0.15, 0.2) is 0 Å². The van der Waals surface area contributed by atoms with Crippen LogP contribution >= 0.6 is 0 Å². The number of rotatable bonds is 1. The van der Waals surface area contributed by atoms with Gasteiger partial charge in [-0.1, -0.05) is 18.6 Å². The SMILES string of the molecule is Cc1cccc2c1C(=O)C(=O)N2N1CCCCC1. The smallest absolute Gasteiger partial charge is 0.283 e. The van der Waals surface area contributed by atoms with Crippen LogP contribution in [0.5, 0.6) is 0 Å². The summed E-state index contributed by atoms with van der Waals surface area (Å²) in [6.07, 6.45) is 3.37. The molecule has 0 atom stereocenters. The number of ketones is 1. The molecule has 0 bridgehead atoms. The molecular weight excluding hydrogens is 228 g/mol. The van der Waals surface area contributed by atoms with Crippen LogP contribution in [-0.2, 0) is 4.79 Å². The Morgan fingerprint density at radius 3 is 2.50 bits per heavy atom. The monoisotopic (exact) mass is 244 g/mol. The van der Waals surface area contributed by atoms with Crippen LogP contribution in [0, 0.1) is 6.92 Å². The van der Waals surface area contributed by atoms with Gasteiger partial charge < -0.3 is 0 Å². The first-order valence-electron chi connectivity index (χ1n) is 6.43. The van der Waals surface area contributed by atoms with E-state index in [1.165, 1.54) is 6.42 Å². The lowest BCUT2D eigenvalue weighted by atomic mass is 10.1. The fraction of sp³-hybridized carbons (Fsp3) is 0.429. The van der Waals surface area contributed by atoms with Crippen LogP contribution < -0.4 is 5.01 Å². The van der Waals surface area contributed by atoms with E-state index in [1.807, 2.05) is 30.1 Å². The summed E-state index contributed by atoms with van der Waals surface area (Å²) < 4.78 is 0. The summed E-state index contributed by atoms with van der Waals surface area (Å²) in [4.78, 5) is 24.2. The van der Waals surface area contributed by atoms with Crippen molar-refractivity contribution in [3.63, 3.8) is 0 Å². The molecule has 0 unspecified atom stereocenters. The molecule has 4 heteroatoms. The fourth-order valence-corrected chi connectivity index (χ4v) is 2.79. The number of nitrogens with zero attached hydrogens (tertiary/aromatic N) is 2. The summed E-state index contributed by atoms with van der Waals surface area (Å²) in [6.45, 7) is 3.59. The van der Waals surface area contributed by atoms with Crippen molar-refractivity contribution in [2.75, 3.05) is 18.1 Å². The van der Waals surface area contributed by atoms with Gasteiger partial charge >= 0.3 is 5.91 Å². The van der Waals surface area contributed by atoms with Crippen LogP contribution in [0.15, 0.2) is 18.2 Å². The third-order valence-corrected chi connectivity index (χ3v) is 3.71. The van der Waals surface area contributed by atoms with Crippen LogP contribution in [0.2, 0.25) is 0 Å². The van der Waals surface area contributed by atoms with E-state index in [4.69, 9.17) is 0 Å². The minimum absolute atomic E-state index is 0.367. The Hall–Kier alpha value is -1.68. The van der Waals surface area contributed by atoms with Gasteiger partial charge in [0.1, 0.15) is 0 Å². The van der Waals surface area contributed by atoms with E-state index in [1.54, 1.807) is 5.01 Å². The van der Waals surface area contributed by atoms with Crippen LogP contribution in [0.25, 0.3) is 0 Å². The maximum Gasteiger partial charge on any atom is 0.314 e. The number of hydrogen-bond acceptors (Lipinski definition) is 3. The Morgan fingerprint density at radius 1 is 1.06 bits per heavy atom. The van der Waals surface area contributed by atoms with E-state index in [0.717, 1.165) is 37.2 Å². The third kappa shape index (κ3) is 1.56. The Morgan fingerprint density at radius 2 is 1.78 bits per heavy atom. The average molecular weight is 244 g/mol. The van der Waals surface area contributed by atoms with Crippen molar-refractivity contribution in [2.45, 2.75) is 26.2 Å². The van der Waals surface area contributed by atoms with Crippen LogP contribution in [-0.4, -0.2) is 29.8 Å². The van der Waals surface area contributed by atoms with Gasteiger partial charge in [-0.05, 0) is 31.4 Å². The molecule has 0 aliphatic carbocycles. The Balaban J connectivity index is 2.04. The van der Waals surface area contributed by atoms with Gasteiger partial charge in [-0.3, -0.25) is 9.59 Å². The molecule has 0 N–H and O–H groups in total. The number of fused-ring (bicyclic) bond motifs is 1. The van der Waals surface area contributed by atoms with Gasteiger partial charge in [-0.25, -0.2) is 10.0 Å². The first-order chi connectivity index (χ1) is 8.70. The number of amides is 1. The van der Waals surface area contributed by atoms with E-state index >= 15 is 0 Å². The number of hydrazine groups is 1. The number of carbonyl (C=O) groups excluding carboxylic acids is 2. The van der Waals surface area contributed by atoms with E-state index in [9.17, 15) is 9.59 Å². The van der Waals surface area contributed by atoms with Crippen molar-refractivity contribution < 1.29 is 9.59 Å². The highest BCUT2D eigenvalue weighted by Crippen LogP contribution is 2.33. The number of benzene rings is 1. The lowest BCUT2D eigenvalue weighted by Gasteiger charge is -2.34. The molecule has 1 aromatic carbocycles. The molecule has 0 aromatic heterocycles. The second-order valence-electron chi connectivity index (χ2n) is 4.93. The fourth-order valence-electron chi connectivity index (χ4n) is 2.79. The summed E-state index contributed by atoms with van der Waals surface area (Å²) in [5, 5.41) is 3.60. The molecule has 18 heavy (non-hydrogen) atoms. The number of carbonyl (C=O) groups is 2. The van der Waals surface area contributed by atoms with Crippen molar-refractivity contribution in [3.05, 3.63) is 29.3 Å². The molecule has 1 aromatic rings. The molecule has 1 fully saturated rings. The predicted molar refractivity (Wildman–Crippen MR) is 68.4 cm³/mol. The highest BCUT2D eigenvalue weighted by Gasteiger charge is 2.40. The van der Waals surface area contributed by atoms with Gasteiger partial charge in [-0.15, -0.1) is 0 Å². The second-order valence-corrected chi connectivity index (χ2v) is 4.93. The zero-order valence-corrected chi connectivity index (χ0v) is 10.5. The van der Waals surface area contributed by atoms with Crippen molar-refractivity contribution in [2.24, 2.45) is 0 Å². The Labute approximate surface area is 106 Å². The summed E-state index contributed by atoms with van der Waals surface area (Å²) in [5.41, 5.74) is 2.21. The number of piperidine rings is 1. The molecule has 0 radical (unpaired) electrons. The van der Waals surface area contributed by atoms with Crippen LogP contribution in [0.4, 0.5) is 5.69 Å². The molecule has 1 saturated heterocycles. The lowest BCUT2D eigenvalue weighted by molar-refractivity contribution is -0.117. The van der Waals surface area contributed by atoms with Gasteiger partial charge in [0.25, 0.3) is 5.78 Å². The summed E-state index contributed by atoms with van der Waals surface area (Å²) in [7, 11) is 0. The molecular formula is C14H16N2O2. The molecule has 3 rings (SSSR count). The molecule has 0 spiro atoms. The van der Waals surface area contributed by atoms with Crippen LogP contribution in [0.3, 0.4) is 0 Å². The number of Topliss-reactive ketones (excluding diaryl/α,β-unsaturated/α-hetero) is 1. The minimum Gasteiger partial charge on any atom is -0.283 e. The molecule has 94 valence electrons. The predicted octanol–water partition coefficient (Wildman–Crippen LogP) is 1.93. The summed E-state index contributed by atoms with van der Waals surface area (Å²) in [5.74, 6) is -0.769. The number of aryl methyl sites for hydroxylation is 1. The van der Waals surface area contributed by atoms with Crippen molar-refractivity contribution >= 4 is 17.4 Å². The topological polar surface area (TPSA) is 40.6 Å². The van der Waals surface area contributed by atoms with E-state index in [-0.39, 0.29) is 5.78 Å². The lowest BCUT2D eigenvalue weighted by Crippen LogP contribution is -2.48. The highest BCUT2D eigenvalue weighted by molar-refractivity contribution is 6.52. The van der Waals surface area contributed by atoms with Crippen molar-refractivity contribution in [1.29, 1.82) is 0 Å². The standard InChI is InChI=1S/C14H16N2O2/c1-10-6-5-7-11-12(10)13(17)14(18)16(11)15-8-3-2-4-9-15/h5-7H,2-4,8-9H2,1H3. The Bertz CT molecular complexity index is 519. The van der Waals surface area contributed by atoms with Crippen molar-refractivity contribution in [3.8, 4) is 0 Å². The molecule has 4 nitrogen and oxygen atoms in total. The maximum atomic E-state index is 12.1. The highest BCUT2D eigenvalue weighted by atomic mass is 16.2.